The monoisotopic (exact) mass is 274 g/mol. The van der Waals surface area contributed by atoms with Crippen LogP contribution in [0.4, 0.5) is 4.39 Å². The zero-order chi connectivity index (χ0) is 13.4. The Morgan fingerprint density at radius 2 is 2.17 bits per heavy atom. The lowest BCUT2D eigenvalue weighted by molar-refractivity contribution is -0.121. The summed E-state index contributed by atoms with van der Waals surface area (Å²) in [7, 11) is 0. The second-order valence-electron chi connectivity index (χ2n) is 3.80. The SMILES string of the molecule is NNC(=O)CCCCCOc1ccc(F)cc1Cl. The van der Waals surface area contributed by atoms with Crippen molar-refractivity contribution in [3.05, 3.63) is 29.0 Å². The first kappa shape index (κ1) is 14.7. The first-order valence-electron chi connectivity index (χ1n) is 5.71. The summed E-state index contributed by atoms with van der Waals surface area (Å²) in [5.41, 5.74) is 2.07. The number of ether oxygens (including phenoxy) is 1. The molecule has 0 spiro atoms. The van der Waals surface area contributed by atoms with E-state index in [1.54, 1.807) is 0 Å². The number of benzene rings is 1. The van der Waals surface area contributed by atoms with Crippen LogP contribution in [0.3, 0.4) is 0 Å². The molecular weight excluding hydrogens is 259 g/mol. The number of rotatable bonds is 7. The van der Waals surface area contributed by atoms with E-state index in [1.807, 2.05) is 0 Å². The van der Waals surface area contributed by atoms with Crippen LogP contribution in [0.5, 0.6) is 5.75 Å². The molecule has 100 valence electrons. The second-order valence-corrected chi connectivity index (χ2v) is 4.21. The molecule has 3 N–H and O–H groups in total. The number of hydrazine groups is 1. The topological polar surface area (TPSA) is 64.3 Å². The van der Waals surface area contributed by atoms with Crippen molar-refractivity contribution >= 4 is 17.5 Å². The molecule has 4 nitrogen and oxygen atoms in total. The van der Waals surface area contributed by atoms with E-state index in [0.717, 1.165) is 19.3 Å². The number of nitrogens with two attached hydrogens (primary N) is 1. The predicted molar refractivity (Wildman–Crippen MR) is 67.7 cm³/mol. The van der Waals surface area contributed by atoms with Crippen molar-refractivity contribution in [2.24, 2.45) is 5.84 Å². The summed E-state index contributed by atoms with van der Waals surface area (Å²) in [6.07, 6.45) is 2.81. The molecule has 0 aliphatic rings. The molecule has 0 aliphatic carbocycles. The fourth-order valence-corrected chi connectivity index (χ4v) is 1.63. The Labute approximate surface area is 110 Å². The highest BCUT2D eigenvalue weighted by Gasteiger charge is 2.03. The second kappa shape index (κ2) is 7.89. The minimum absolute atomic E-state index is 0.169. The van der Waals surface area contributed by atoms with Crippen molar-refractivity contribution in [2.75, 3.05) is 6.61 Å². The van der Waals surface area contributed by atoms with Crippen LogP contribution in [-0.4, -0.2) is 12.5 Å². The number of carbonyl (C=O) groups excluding carboxylic acids is 1. The molecule has 0 unspecified atom stereocenters. The van der Waals surface area contributed by atoms with Crippen LogP contribution in [0, 0.1) is 5.82 Å². The molecule has 0 bridgehead atoms. The number of amides is 1. The summed E-state index contributed by atoms with van der Waals surface area (Å²) in [6, 6.07) is 4.01. The first-order valence-corrected chi connectivity index (χ1v) is 6.08. The van der Waals surface area contributed by atoms with Crippen LogP contribution in [0.2, 0.25) is 5.02 Å². The average molecular weight is 275 g/mol. The number of hydrogen-bond acceptors (Lipinski definition) is 3. The molecule has 0 aromatic heterocycles. The molecule has 1 aromatic rings. The van der Waals surface area contributed by atoms with Gasteiger partial charge in [-0.2, -0.15) is 0 Å². The predicted octanol–water partition coefficient (Wildman–Crippen LogP) is 2.41. The number of halogens is 2. The van der Waals surface area contributed by atoms with Crippen molar-refractivity contribution in [3.63, 3.8) is 0 Å². The van der Waals surface area contributed by atoms with Gasteiger partial charge in [0.25, 0.3) is 0 Å². The summed E-state index contributed by atoms with van der Waals surface area (Å²) in [5, 5.41) is 0.262. The molecule has 0 radical (unpaired) electrons. The quantitative estimate of drug-likeness (QED) is 0.347. The highest BCUT2D eigenvalue weighted by Crippen LogP contribution is 2.24. The van der Waals surface area contributed by atoms with Gasteiger partial charge in [0.15, 0.2) is 0 Å². The Balaban J connectivity index is 2.16. The number of nitrogens with one attached hydrogen (secondary N) is 1. The van der Waals surface area contributed by atoms with Crippen molar-refractivity contribution in [3.8, 4) is 5.75 Å². The van der Waals surface area contributed by atoms with Crippen LogP contribution in [0.15, 0.2) is 18.2 Å². The normalized spacial score (nSPS) is 10.2. The maximum atomic E-state index is 12.8. The maximum absolute atomic E-state index is 12.8. The molecule has 1 aromatic carbocycles. The Bertz CT molecular complexity index is 402. The van der Waals surface area contributed by atoms with E-state index in [2.05, 4.69) is 5.43 Å². The van der Waals surface area contributed by atoms with Crippen LogP contribution in [-0.2, 0) is 4.79 Å². The van der Waals surface area contributed by atoms with Gasteiger partial charge in [0.2, 0.25) is 5.91 Å². The number of carbonyl (C=O) groups is 1. The van der Waals surface area contributed by atoms with Gasteiger partial charge in [-0.15, -0.1) is 0 Å². The zero-order valence-electron chi connectivity index (χ0n) is 9.92. The number of unbranched alkanes of at least 4 members (excludes halogenated alkanes) is 2. The van der Waals surface area contributed by atoms with E-state index >= 15 is 0 Å². The van der Waals surface area contributed by atoms with Crippen molar-refractivity contribution in [2.45, 2.75) is 25.7 Å². The average Bonchev–Trinajstić information content (AvgIpc) is 2.35. The highest BCUT2D eigenvalue weighted by atomic mass is 35.5. The lowest BCUT2D eigenvalue weighted by atomic mass is 10.2. The van der Waals surface area contributed by atoms with Gasteiger partial charge in [0.1, 0.15) is 11.6 Å². The maximum Gasteiger partial charge on any atom is 0.233 e. The highest BCUT2D eigenvalue weighted by molar-refractivity contribution is 6.32. The third-order valence-electron chi connectivity index (χ3n) is 2.36. The van der Waals surface area contributed by atoms with E-state index in [1.165, 1.54) is 18.2 Å². The molecule has 0 saturated carbocycles. The lowest BCUT2D eigenvalue weighted by Crippen LogP contribution is -2.29. The van der Waals surface area contributed by atoms with Crippen molar-refractivity contribution < 1.29 is 13.9 Å². The smallest absolute Gasteiger partial charge is 0.233 e. The zero-order valence-corrected chi connectivity index (χ0v) is 10.7. The van der Waals surface area contributed by atoms with E-state index in [4.69, 9.17) is 22.2 Å². The van der Waals surface area contributed by atoms with Crippen LogP contribution < -0.4 is 16.0 Å². The molecule has 1 rings (SSSR count). The van der Waals surface area contributed by atoms with Crippen LogP contribution in [0.25, 0.3) is 0 Å². The number of hydrogen-bond donors (Lipinski definition) is 2. The van der Waals surface area contributed by atoms with E-state index in [-0.39, 0.29) is 16.7 Å². The third-order valence-corrected chi connectivity index (χ3v) is 2.66. The Hall–Kier alpha value is -1.33. The van der Waals surface area contributed by atoms with Crippen molar-refractivity contribution in [1.29, 1.82) is 0 Å². The summed E-state index contributed by atoms with van der Waals surface area (Å²) >= 11 is 5.80. The lowest BCUT2D eigenvalue weighted by Gasteiger charge is -2.07. The molecule has 0 aliphatic heterocycles. The fourth-order valence-electron chi connectivity index (χ4n) is 1.41. The molecule has 0 fully saturated rings. The summed E-state index contributed by atoms with van der Waals surface area (Å²) in [5.74, 6) is 4.86. The Kier molecular flexibility index (Phi) is 6.46. The van der Waals surface area contributed by atoms with Crippen LogP contribution >= 0.6 is 11.6 Å². The molecule has 0 atom stereocenters. The Morgan fingerprint density at radius 3 is 2.83 bits per heavy atom. The Morgan fingerprint density at radius 1 is 1.39 bits per heavy atom. The summed E-state index contributed by atoms with van der Waals surface area (Å²) in [6.45, 7) is 0.482. The first-order chi connectivity index (χ1) is 8.63. The largest absolute Gasteiger partial charge is 0.492 e. The minimum Gasteiger partial charge on any atom is -0.492 e. The minimum atomic E-state index is -0.389. The standard InChI is InChI=1S/C12H16ClFN2O2/c13-10-8-9(14)5-6-11(10)18-7-3-1-2-4-12(17)16-15/h5-6,8H,1-4,7,15H2,(H,16,17). The molecule has 0 heterocycles. The van der Waals surface area contributed by atoms with Gasteiger partial charge in [-0.1, -0.05) is 11.6 Å². The summed E-state index contributed by atoms with van der Waals surface area (Å²) in [4.78, 5) is 10.8. The van der Waals surface area contributed by atoms with Gasteiger partial charge in [0, 0.05) is 6.42 Å². The fraction of sp³-hybridized carbons (Fsp3) is 0.417. The molecule has 18 heavy (non-hydrogen) atoms. The van der Waals surface area contributed by atoms with Gasteiger partial charge in [0.05, 0.1) is 11.6 Å². The van der Waals surface area contributed by atoms with Gasteiger partial charge >= 0.3 is 0 Å². The summed E-state index contributed by atoms with van der Waals surface area (Å²) < 4.78 is 18.2. The molecular formula is C12H16ClFN2O2. The van der Waals surface area contributed by atoms with Crippen LogP contribution in [0.1, 0.15) is 25.7 Å². The van der Waals surface area contributed by atoms with Crippen molar-refractivity contribution in [1.82, 2.24) is 5.43 Å². The van der Waals surface area contributed by atoms with E-state index in [9.17, 15) is 9.18 Å². The van der Waals surface area contributed by atoms with Gasteiger partial charge in [-0.05, 0) is 37.5 Å². The molecule has 6 heteroatoms. The van der Waals surface area contributed by atoms with Gasteiger partial charge in [-0.25, -0.2) is 10.2 Å². The van der Waals surface area contributed by atoms with E-state index in [0.29, 0.717) is 18.8 Å². The molecule has 0 saturated heterocycles. The third kappa shape index (κ3) is 5.33. The van der Waals surface area contributed by atoms with Gasteiger partial charge < -0.3 is 4.74 Å². The van der Waals surface area contributed by atoms with E-state index < -0.39 is 0 Å². The van der Waals surface area contributed by atoms with Gasteiger partial charge in [-0.3, -0.25) is 10.2 Å². The molecule has 1 amide bonds.